The molecule has 0 aliphatic rings. The first-order chi connectivity index (χ1) is 9.58. The average Bonchev–Trinajstić information content (AvgIpc) is 2.97. The van der Waals surface area contributed by atoms with Gasteiger partial charge in [-0.1, -0.05) is 6.92 Å². The van der Waals surface area contributed by atoms with Gasteiger partial charge in [-0.2, -0.15) is 0 Å². The molecule has 0 radical (unpaired) electrons. The zero-order valence-electron chi connectivity index (χ0n) is 10.9. The number of rotatable bonds is 3. The topological polar surface area (TPSA) is 43.8 Å². The zero-order valence-corrected chi connectivity index (χ0v) is 11.7. The molecule has 0 amide bonds. The maximum Gasteiger partial charge on any atom is 0.201 e. The number of thiophene rings is 1. The lowest BCUT2D eigenvalue weighted by Gasteiger charge is -2.04. The molecule has 0 unspecified atom stereocenters. The van der Waals surface area contributed by atoms with E-state index in [-0.39, 0.29) is 11.5 Å². The molecular weight excluding hydrogens is 280 g/mol. The Morgan fingerprint density at radius 3 is 2.70 bits per heavy atom. The molecule has 1 aromatic carbocycles. The van der Waals surface area contributed by atoms with E-state index in [0.29, 0.717) is 12.1 Å². The Balaban J connectivity index is 2.08. The number of benzene rings is 1. The molecule has 20 heavy (non-hydrogen) atoms. The Morgan fingerprint density at radius 1 is 1.25 bits per heavy atom. The molecule has 2 heterocycles. The van der Waals surface area contributed by atoms with Gasteiger partial charge in [0.2, 0.25) is 5.95 Å². The van der Waals surface area contributed by atoms with E-state index in [1.807, 2.05) is 6.07 Å². The highest BCUT2D eigenvalue weighted by Gasteiger charge is 2.14. The second-order valence-electron chi connectivity index (χ2n) is 4.53. The molecule has 3 rings (SSSR count). The van der Waals surface area contributed by atoms with Crippen LogP contribution in [-0.4, -0.2) is 9.55 Å². The van der Waals surface area contributed by atoms with Crippen molar-refractivity contribution in [2.24, 2.45) is 0 Å². The zero-order chi connectivity index (χ0) is 14.3. The van der Waals surface area contributed by atoms with E-state index in [1.165, 1.54) is 10.9 Å². The third-order valence-electron chi connectivity index (χ3n) is 3.18. The van der Waals surface area contributed by atoms with E-state index in [0.717, 1.165) is 17.4 Å². The first kappa shape index (κ1) is 13.1. The monoisotopic (exact) mass is 293 g/mol. The fraction of sp³-hybridized carbons (Fsp3) is 0.214. The number of hydrogen-bond donors (Lipinski definition) is 1. The van der Waals surface area contributed by atoms with Gasteiger partial charge in [-0.15, -0.1) is 11.3 Å². The maximum atomic E-state index is 13.7. The number of hydrogen-bond acceptors (Lipinski definition) is 3. The lowest BCUT2D eigenvalue weighted by Crippen LogP contribution is -2.03. The van der Waals surface area contributed by atoms with Gasteiger partial charge in [0, 0.05) is 21.9 Å². The minimum Gasteiger partial charge on any atom is -0.369 e. The molecule has 2 aromatic heterocycles. The molecular formula is C14H13F2N3S. The normalized spacial score (nSPS) is 11.3. The van der Waals surface area contributed by atoms with Crippen molar-refractivity contribution >= 4 is 28.3 Å². The van der Waals surface area contributed by atoms with E-state index < -0.39 is 11.6 Å². The van der Waals surface area contributed by atoms with Crippen molar-refractivity contribution in [3.05, 3.63) is 45.7 Å². The van der Waals surface area contributed by atoms with Crippen molar-refractivity contribution in [2.45, 2.75) is 19.9 Å². The van der Waals surface area contributed by atoms with E-state index in [9.17, 15) is 8.78 Å². The van der Waals surface area contributed by atoms with Crippen molar-refractivity contribution in [3.8, 4) is 0 Å². The molecule has 6 heteroatoms. The molecule has 0 aliphatic carbocycles. The van der Waals surface area contributed by atoms with Gasteiger partial charge in [0.05, 0.1) is 12.1 Å². The number of nitrogen functional groups attached to an aromatic ring is 1. The Bertz CT molecular complexity index is 776. The van der Waals surface area contributed by atoms with Crippen LogP contribution in [0.25, 0.3) is 11.0 Å². The predicted octanol–water partition coefficient (Wildman–Crippen LogP) is 3.57. The number of aryl methyl sites for hydroxylation is 1. The summed E-state index contributed by atoms with van der Waals surface area (Å²) in [6.07, 6.45) is 0.966. The summed E-state index contributed by atoms with van der Waals surface area (Å²) in [6, 6.07) is 6.14. The van der Waals surface area contributed by atoms with Crippen LogP contribution in [0.4, 0.5) is 14.7 Å². The van der Waals surface area contributed by atoms with Crippen molar-refractivity contribution in [1.82, 2.24) is 9.55 Å². The van der Waals surface area contributed by atoms with Gasteiger partial charge in [0.15, 0.2) is 5.82 Å². The van der Waals surface area contributed by atoms with Crippen molar-refractivity contribution in [3.63, 3.8) is 0 Å². The van der Waals surface area contributed by atoms with Crippen LogP contribution in [0.1, 0.15) is 16.7 Å². The second-order valence-corrected chi connectivity index (χ2v) is 5.79. The van der Waals surface area contributed by atoms with E-state index in [2.05, 4.69) is 18.0 Å². The summed E-state index contributed by atoms with van der Waals surface area (Å²) in [5.41, 5.74) is 6.32. The van der Waals surface area contributed by atoms with E-state index in [4.69, 9.17) is 5.73 Å². The van der Waals surface area contributed by atoms with Gasteiger partial charge in [-0.25, -0.2) is 13.8 Å². The number of fused-ring (bicyclic) bond motifs is 1. The summed E-state index contributed by atoms with van der Waals surface area (Å²) in [5, 5.41) is 0. The molecule has 3 nitrogen and oxygen atoms in total. The second kappa shape index (κ2) is 4.86. The van der Waals surface area contributed by atoms with Crippen LogP contribution in [0.15, 0.2) is 24.3 Å². The number of anilines is 1. The Hall–Kier alpha value is -1.95. The van der Waals surface area contributed by atoms with Crippen LogP contribution >= 0.6 is 11.3 Å². The minimum absolute atomic E-state index is 0.108. The van der Waals surface area contributed by atoms with E-state index >= 15 is 0 Å². The molecule has 0 bridgehead atoms. The van der Waals surface area contributed by atoms with Crippen LogP contribution < -0.4 is 5.73 Å². The molecule has 0 saturated carbocycles. The molecule has 0 spiro atoms. The summed E-state index contributed by atoms with van der Waals surface area (Å²) in [6.45, 7) is 2.55. The highest BCUT2D eigenvalue weighted by atomic mass is 32.1. The highest BCUT2D eigenvalue weighted by molar-refractivity contribution is 7.11. The van der Waals surface area contributed by atoms with Gasteiger partial charge >= 0.3 is 0 Å². The number of aromatic nitrogens is 2. The summed E-state index contributed by atoms with van der Waals surface area (Å²) >= 11 is 1.67. The summed E-state index contributed by atoms with van der Waals surface area (Å²) in [5.74, 6) is -1.13. The van der Waals surface area contributed by atoms with Gasteiger partial charge < -0.3 is 10.3 Å². The third kappa shape index (κ3) is 2.16. The number of nitrogens with zero attached hydrogens (tertiary/aromatic N) is 2. The average molecular weight is 293 g/mol. The van der Waals surface area contributed by atoms with Gasteiger partial charge in [0.25, 0.3) is 0 Å². The first-order valence-corrected chi connectivity index (χ1v) is 7.08. The van der Waals surface area contributed by atoms with Gasteiger partial charge in [-0.05, 0) is 18.6 Å². The maximum absolute atomic E-state index is 13.7. The first-order valence-electron chi connectivity index (χ1n) is 6.27. The number of imidazole rings is 1. The Kier molecular flexibility index (Phi) is 3.17. The molecule has 0 atom stereocenters. The largest absolute Gasteiger partial charge is 0.369 e. The molecule has 0 fully saturated rings. The SMILES string of the molecule is CCc1ccc(Cn2c(N)nc3c(F)cc(F)cc32)s1. The third-order valence-corrected chi connectivity index (χ3v) is 4.40. The van der Waals surface area contributed by atoms with Crippen molar-refractivity contribution in [2.75, 3.05) is 5.73 Å². The smallest absolute Gasteiger partial charge is 0.201 e. The fourth-order valence-corrected chi connectivity index (χ4v) is 3.13. The van der Waals surface area contributed by atoms with Crippen LogP contribution in [0, 0.1) is 11.6 Å². The Labute approximate surface area is 118 Å². The van der Waals surface area contributed by atoms with Gasteiger partial charge in [0.1, 0.15) is 11.3 Å². The fourth-order valence-electron chi connectivity index (χ4n) is 2.19. The summed E-state index contributed by atoms with van der Waals surface area (Å²) in [4.78, 5) is 6.33. The predicted molar refractivity (Wildman–Crippen MR) is 76.9 cm³/mol. The molecule has 0 aliphatic heterocycles. The van der Waals surface area contributed by atoms with E-state index in [1.54, 1.807) is 15.9 Å². The molecule has 104 valence electrons. The molecule has 2 N–H and O–H groups in total. The summed E-state index contributed by atoms with van der Waals surface area (Å²) in [7, 11) is 0. The molecule has 3 aromatic rings. The van der Waals surface area contributed by atoms with Crippen molar-refractivity contribution in [1.29, 1.82) is 0 Å². The highest BCUT2D eigenvalue weighted by Crippen LogP contribution is 2.25. The summed E-state index contributed by atoms with van der Waals surface area (Å²) < 4.78 is 28.7. The minimum atomic E-state index is -0.689. The standard InChI is InChI=1S/C14H13F2N3S/c1-2-9-3-4-10(20-9)7-19-12-6-8(15)5-11(16)13(12)18-14(19)17/h3-6H,2,7H2,1H3,(H2,17,18). The number of nitrogens with two attached hydrogens (primary N) is 1. The Morgan fingerprint density at radius 2 is 2.00 bits per heavy atom. The van der Waals surface area contributed by atoms with Gasteiger partial charge in [-0.3, -0.25) is 0 Å². The molecule has 0 saturated heterocycles. The van der Waals surface area contributed by atoms with Crippen LogP contribution in [0.2, 0.25) is 0 Å². The quantitative estimate of drug-likeness (QED) is 0.802. The van der Waals surface area contributed by atoms with Crippen LogP contribution in [0.5, 0.6) is 0 Å². The number of halogens is 2. The van der Waals surface area contributed by atoms with Crippen molar-refractivity contribution < 1.29 is 8.78 Å². The van der Waals surface area contributed by atoms with Crippen LogP contribution in [-0.2, 0) is 13.0 Å². The van der Waals surface area contributed by atoms with Crippen LogP contribution in [0.3, 0.4) is 0 Å². The lowest BCUT2D eigenvalue weighted by molar-refractivity contribution is 0.590. The lowest BCUT2D eigenvalue weighted by atomic mass is 10.3.